The second-order valence-corrected chi connectivity index (χ2v) is 8.88. The Labute approximate surface area is 190 Å². The molecular weight excluding hydrogens is 433 g/mol. The number of rotatable bonds is 3. The van der Waals surface area contributed by atoms with Gasteiger partial charge < -0.3 is 10.6 Å². The molecule has 0 saturated carbocycles. The van der Waals surface area contributed by atoms with Crippen molar-refractivity contribution in [1.82, 2.24) is 14.8 Å². The Morgan fingerprint density at radius 2 is 1.77 bits per heavy atom. The highest BCUT2D eigenvalue weighted by molar-refractivity contribution is 6.44. The molecule has 0 radical (unpaired) electrons. The lowest BCUT2D eigenvalue weighted by Crippen LogP contribution is -2.22. The van der Waals surface area contributed by atoms with E-state index in [4.69, 9.17) is 28.3 Å². The summed E-state index contributed by atoms with van der Waals surface area (Å²) in [6.07, 6.45) is 3.58. The predicted molar refractivity (Wildman–Crippen MR) is 127 cm³/mol. The molecule has 0 aliphatic rings. The van der Waals surface area contributed by atoms with E-state index in [9.17, 15) is 4.79 Å². The fraction of sp³-hybridized carbons (Fsp3) is 0.174. The molecule has 4 aromatic rings. The van der Waals surface area contributed by atoms with Crippen LogP contribution in [0.2, 0.25) is 10.0 Å². The average Bonchev–Trinajstić information content (AvgIpc) is 3.15. The Morgan fingerprint density at radius 3 is 2.55 bits per heavy atom. The van der Waals surface area contributed by atoms with Crippen LogP contribution in [0, 0.1) is 0 Å². The number of hydrogen-bond donors (Lipinski definition) is 2. The van der Waals surface area contributed by atoms with Gasteiger partial charge in [0.1, 0.15) is 5.69 Å². The first-order valence-electron chi connectivity index (χ1n) is 9.70. The van der Waals surface area contributed by atoms with Crippen molar-refractivity contribution >= 4 is 51.5 Å². The third-order valence-corrected chi connectivity index (χ3v) is 5.54. The molecule has 0 fully saturated rings. The largest absolute Gasteiger partial charge is 0.323 e. The van der Waals surface area contributed by atoms with Crippen LogP contribution in [0.1, 0.15) is 20.8 Å². The van der Waals surface area contributed by atoms with Crippen LogP contribution < -0.4 is 10.6 Å². The number of urea groups is 1. The highest BCUT2D eigenvalue weighted by Crippen LogP contribution is 2.32. The van der Waals surface area contributed by atoms with Gasteiger partial charge in [0.15, 0.2) is 0 Å². The van der Waals surface area contributed by atoms with Crippen LogP contribution in [-0.4, -0.2) is 20.8 Å². The van der Waals surface area contributed by atoms with Gasteiger partial charge in [-0.25, -0.2) is 4.79 Å². The molecule has 0 aliphatic heterocycles. The average molecular weight is 454 g/mol. The number of carbonyl (C=O) groups is 1. The van der Waals surface area contributed by atoms with E-state index in [0.29, 0.717) is 22.1 Å². The SMILES string of the molecule is CC(C)(C)n1cc(NC(=O)Nc2cccc(Cl)c2Cl)c(-c2ccc3ncccc3c2)n1. The Balaban J connectivity index is 1.70. The molecule has 4 rings (SSSR count). The number of carbonyl (C=O) groups excluding carboxylic acids is 1. The normalized spacial score (nSPS) is 11.5. The maximum atomic E-state index is 12.7. The number of nitrogens with one attached hydrogen (secondary N) is 2. The Bertz CT molecular complexity index is 1280. The molecule has 2 heterocycles. The van der Waals surface area contributed by atoms with Crippen LogP contribution in [0.25, 0.3) is 22.2 Å². The molecule has 2 amide bonds. The first kappa shape index (κ1) is 21.2. The van der Waals surface area contributed by atoms with Crippen LogP contribution in [-0.2, 0) is 5.54 Å². The number of anilines is 2. The quantitative estimate of drug-likeness (QED) is 0.358. The number of fused-ring (bicyclic) bond motifs is 1. The molecule has 2 aromatic heterocycles. The Hall–Kier alpha value is -3.09. The first-order chi connectivity index (χ1) is 14.7. The summed E-state index contributed by atoms with van der Waals surface area (Å²) in [6, 6.07) is 14.4. The van der Waals surface area contributed by atoms with Gasteiger partial charge in [-0.05, 0) is 51.1 Å². The molecule has 0 bridgehead atoms. The molecule has 0 saturated heterocycles. The van der Waals surface area contributed by atoms with Crippen LogP contribution in [0.15, 0.2) is 60.9 Å². The molecule has 2 aromatic carbocycles. The van der Waals surface area contributed by atoms with Gasteiger partial charge in [0.25, 0.3) is 0 Å². The van der Waals surface area contributed by atoms with E-state index in [-0.39, 0.29) is 10.6 Å². The van der Waals surface area contributed by atoms with Crippen molar-refractivity contribution in [2.45, 2.75) is 26.3 Å². The number of benzene rings is 2. The van der Waals surface area contributed by atoms with E-state index < -0.39 is 6.03 Å². The van der Waals surface area contributed by atoms with Crippen molar-refractivity contribution in [2.24, 2.45) is 0 Å². The van der Waals surface area contributed by atoms with Gasteiger partial charge in [0.2, 0.25) is 0 Å². The van der Waals surface area contributed by atoms with Gasteiger partial charge in [-0.2, -0.15) is 5.10 Å². The lowest BCUT2D eigenvalue weighted by Gasteiger charge is -2.18. The summed E-state index contributed by atoms with van der Waals surface area (Å²) in [5.74, 6) is 0. The van der Waals surface area contributed by atoms with E-state index in [1.807, 2.05) is 62.0 Å². The Morgan fingerprint density at radius 1 is 1.00 bits per heavy atom. The van der Waals surface area contributed by atoms with Gasteiger partial charge in [0, 0.05) is 23.3 Å². The molecular formula is C23H21Cl2N5O. The second-order valence-electron chi connectivity index (χ2n) is 8.10. The summed E-state index contributed by atoms with van der Waals surface area (Å²) in [5, 5.41) is 12.0. The number of hydrogen-bond acceptors (Lipinski definition) is 3. The summed E-state index contributed by atoms with van der Waals surface area (Å²) in [7, 11) is 0. The molecule has 0 unspecified atom stereocenters. The second kappa shape index (κ2) is 8.21. The fourth-order valence-corrected chi connectivity index (χ4v) is 3.47. The maximum absolute atomic E-state index is 12.7. The minimum absolute atomic E-state index is 0.264. The van der Waals surface area contributed by atoms with Crippen molar-refractivity contribution in [3.8, 4) is 11.3 Å². The number of halogens is 2. The van der Waals surface area contributed by atoms with E-state index in [1.54, 1.807) is 24.4 Å². The lowest BCUT2D eigenvalue weighted by atomic mass is 10.1. The monoisotopic (exact) mass is 453 g/mol. The number of pyridine rings is 1. The van der Waals surface area contributed by atoms with Gasteiger partial charge in [-0.1, -0.05) is 41.4 Å². The van der Waals surface area contributed by atoms with Crippen LogP contribution in [0.5, 0.6) is 0 Å². The third-order valence-electron chi connectivity index (χ3n) is 4.73. The smallest absolute Gasteiger partial charge is 0.306 e. The van der Waals surface area contributed by atoms with E-state index in [1.165, 1.54) is 0 Å². The van der Waals surface area contributed by atoms with Gasteiger partial charge in [-0.3, -0.25) is 9.67 Å². The molecule has 6 nitrogen and oxygen atoms in total. The highest BCUT2D eigenvalue weighted by atomic mass is 35.5. The number of nitrogens with zero attached hydrogens (tertiary/aromatic N) is 3. The van der Waals surface area contributed by atoms with Crippen molar-refractivity contribution < 1.29 is 4.79 Å². The van der Waals surface area contributed by atoms with Gasteiger partial charge >= 0.3 is 6.03 Å². The minimum atomic E-state index is -0.443. The number of aromatic nitrogens is 3. The van der Waals surface area contributed by atoms with E-state index in [0.717, 1.165) is 16.5 Å². The molecule has 0 atom stereocenters. The predicted octanol–water partition coefficient (Wildman–Crippen LogP) is 6.80. The standard InChI is InChI=1S/C23H21Cl2N5O/c1-23(2,3)30-13-19(28-22(31)27-18-8-4-7-16(24)20(18)25)21(29-30)15-9-10-17-14(12-15)6-5-11-26-17/h4-13H,1-3H3,(H2,27,28,31). The van der Waals surface area contributed by atoms with Crippen LogP contribution >= 0.6 is 23.2 Å². The van der Waals surface area contributed by atoms with Crippen molar-refractivity contribution in [3.63, 3.8) is 0 Å². The zero-order valence-corrected chi connectivity index (χ0v) is 18.8. The topological polar surface area (TPSA) is 71.8 Å². The summed E-state index contributed by atoms with van der Waals surface area (Å²) in [4.78, 5) is 17.1. The van der Waals surface area contributed by atoms with Crippen LogP contribution in [0.3, 0.4) is 0 Å². The molecule has 31 heavy (non-hydrogen) atoms. The summed E-state index contributed by atoms with van der Waals surface area (Å²) >= 11 is 12.2. The third kappa shape index (κ3) is 4.50. The van der Waals surface area contributed by atoms with Crippen molar-refractivity contribution in [1.29, 1.82) is 0 Å². The Kier molecular flexibility index (Phi) is 5.60. The lowest BCUT2D eigenvalue weighted by molar-refractivity contribution is 0.262. The summed E-state index contributed by atoms with van der Waals surface area (Å²) in [6.45, 7) is 6.14. The van der Waals surface area contributed by atoms with Crippen molar-refractivity contribution in [2.75, 3.05) is 10.6 Å². The molecule has 2 N–H and O–H groups in total. The summed E-state index contributed by atoms with van der Waals surface area (Å²) < 4.78 is 1.83. The maximum Gasteiger partial charge on any atom is 0.323 e. The molecule has 0 spiro atoms. The van der Waals surface area contributed by atoms with Crippen LogP contribution in [0.4, 0.5) is 16.2 Å². The minimum Gasteiger partial charge on any atom is -0.306 e. The fourth-order valence-electron chi connectivity index (χ4n) is 3.12. The molecule has 0 aliphatic carbocycles. The zero-order valence-electron chi connectivity index (χ0n) is 17.3. The highest BCUT2D eigenvalue weighted by Gasteiger charge is 2.21. The van der Waals surface area contributed by atoms with E-state index >= 15 is 0 Å². The van der Waals surface area contributed by atoms with Gasteiger partial charge in [-0.15, -0.1) is 0 Å². The first-order valence-corrected chi connectivity index (χ1v) is 10.5. The number of amides is 2. The van der Waals surface area contributed by atoms with Gasteiger partial charge in [0.05, 0.1) is 32.5 Å². The molecule has 158 valence electrons. The van der Waals surface area contributed by atoms with E-state index in [2.05, 4.69) is 15.6 Å². The zero-order chi connectivity index (χ0) is 22.2. The summed E-state index contributed by atoms with van der Waals surface area (Å²) in [5.41, 5.74) is 3.17. The van der Waals surface area contributed by atoms with Crippen molar-refractivity contribution in [3.05, 3.63) is 71.0 Å². The molecule has 8 heteroatoms.